The minimum Gasteiger partial charge on any atom is -0.494 e. The Hall–Kier alpha value is -3.72. The summed E-state index contributed by atoms with van der Waals surface area (Å²) in [5, 5.41) is 9.04. The van der Waals surface area contributed by atoms with E-state index >= 15 is 0 Å². The SMILES string of the molecule is CCOC(=O)c1sc(N=Nc2ccc(N(CC)CCOCCOCCOCCOCCOC(=O)C3CCCCC3C(=O)OC)cc2OC)c(CC)c1CS(=O)(=O)O. The van der Waals surface area contributed by atoms with E-state index in [9.17, 15) is 27.4 Å². The first-order valence-electron chi connectivity index (χ1n) is 19.1. The predicted octanol–water partition coefficient (Wildman–Crippen LogP) is 5.71. The molecule has 0 radical (unpaired) electrons. The number of esters is 3. The summed E-state index contributed by atoms with van der Waals surface area (Å²) in [5.74, 6) is -2.60. The van der Waals surface area contributed by atoms with Crippen molar-refractivity contribution in [2.75, 3.05) is 98.3 Å². The molecule has 1 saturated carbocycles. The van der Waals surface area contributed by atoms with Gasteiger partial charge in [0.1, 0.15) is 33.7 Å². The monoisotopic (exact) mass is 843 g/mol. The summed E-state index contributed by atoms with van der Waals surface area (Å²) in [6, 6.07) is 5.48. The molecule has 1 heterocycles. The van der Waals surface area contributed by atoms with Gasteiger partial charge >= 0.3 is 17.9 Å². The van der Waals surface area contributed by atoms with Crippen molar-refractivity contribution in [2.45, 2.75) is 58.6 Å². The van der Waals surface area contributed by atoms with E-state index in [1.54, 1.807) is 19.9 Å². The number of ether oxygens (including phenoxy) is 8. The predicted molar refractivity (Wildman–Crippen MR) is 212 cm³/mol. The van der Waals surface area contributed by atoms with Gasteiger partial charge < -0.3 is 42.8 Å². The lowest BCUT2D eigenvalue weighted by Crippen LogP contribution is -2.35. The number of likely N-dealkylation sites (N-methyl/N-ethyl adjacent to an activating group) is 1. The van der Waals surface area contributed by atoms with Crippen molar-refractivity contribution in [1.82, 2.24) is 0 Å². The van der Waals surface area contributed by atoms with Gasteiger partial charge in [0, 0.05) is 30.4 Å². The zero-order valence-electron chi connectivity index (χ0n) is 33.5. The number of nitrogens with zero attached hydrogens (tertiary/aromatic N) is 3. The molecule has 0 saturated heterocycles. The molecular weight excluding hydrogens is 787 g/mol. The molecule has 1 aliphatic carbocycles. The first kappa shape index (κ1) is 47.7. The molecule has 0 bridgehead atoms. The van der Waals surface area contributed by atoms with E-state index in [4.69, 9.17) is 37.9 Å². The number of rotatable bonds is 27. The molecule has 320 valence electrons. The second-order valence-electron chi connectivity index (χ2n) is 12.8. The van der Waals surface area contributed by atoms with Gasteiger partial charge in [0.2, 0.25) is 0 Å². The van der Waals surface area contributed by atoms with Crippen LogP contribution in [0.2, 0.25) is 0 Å². The maximum atomic E-state index is 12.6. The minimum absolute atomic E-state index is 0.0602. The fraction of sp³-hybridized carbons (Fsp3) is 0.658. The third-order valence-corrected chi connectivity index (χ3v) is 10.9. The highest BCUT2D eigenvalue weighted by Crippen LogP contribution is 2.40. The number of azo groups is 1. The van der Waals surface area contributed by atoms with E-state index in [2.05, 4.69) is 15.1 Å². The number of carbonyl (C=O) groups is 3. The van der Waals surface area contributed by atoms with Gasteiger partial charge in [-0.3, -0.25) is 14.1 Å². The van der Waals surface area contributed by atoms with Crippen LogP contribution in [0.3, 0.4) is 0 Å². The van der Waals surface area contributed by atoms with E-state index < -0.39 is 33.7 Å². The highest BCUT2D eigenvalue weighted by molar-refractivity contribution is 7.85. The van der Waals surface area contributed by atoms with Crippen LogP contribution in [0, 0.1) is 11.8 Å². The van der Waals surface area contributed by atoms with Gasteiger partial charge in [-0.25, -0.2) is 4.79 Å². The lowest BCUT2D eigenvalue weighted by atomic mass is 9.79. The van der Waals surface area contributed by atoms with Crippen LogP contribution in [0.25, 0.3) is 0 Å². The molecule has 19 heteroatoms. The second-order valence-corrected chi connectivity index (χ2v) is 15.2. The smallest absolute Gasteiger partial charge is 0.348 e. The van der Waals surface area contributed by atoms with Gasteiger partial charge in [0.15, 0.2) is 0 Å². The fourth-order valence-corrected chi connectivity index (χ4v) is 8.14. The summed E-state index contributed by atoms with van der Waals surface area (Å²) in [7, 11) is -1.57. The third kappa shape index (κ3) is 15.9. The Bertz CT molecular complexity index is 1700. The molecule has 2 atom stereocenters. The van der Waals surface area contributed by atoms with Crippen LogP contribution >= 0.6 is 11.3 Å². The summed E-state index contributed by atoms with van der Waals surface area (Å²) < 4.78 is 76.2. The number of thiophene rings is 1. The summed E-state index contributed by atoms with van der Waals surface area (Å²) >= 11 is 0.958. The highest BCUT2D eigenvalue weighted by atomic mass is 32.2. The average molecular weight is 844 g/mol. The van der Waals surface area contributed by atoms with Gasteiger partial charge in [-0.1, -0.05) is 19.8 Å². The molecule has 2 aromatic rings. The normalized spacial score (nSPS) is 15.8. The van der Waals surface area contributed by atoms with Gasteiger partial charge in [0.05, 0.1) is 85.5 Å². The maximum absolute atomic E-state index is 12.6. The summed E-state index contributed by atoms with van der Waals surface area (Å²) in [6.45, 7) is 10.0. The quantitative estimate of drug-likeness (QED) is 0.0376. The molecule has 57 heavy (non-hydrogen) atoms. The Kier molecular flexibility index (Phi) is 21.4. The van der Waals surface area contributed by atoms with Crippen LogP contribution in [-0.4, -0.2) is 124 Å². The number of hydrogen-bond donors (Lipinski definition) is 1. The first-order valence-corrected chi connectivity index (χ1v) is 21.6. The molecule has 17 nitrogen and oxygen atoms in total. The zero-order valence-corrected chi connectivity index (χ0v) is 35.2. The van der Waals surface area contributed by atoms with Crippen LogP contribution in [0.5, 0.6) is 5.75 Å². The van der Waals surface area contributed by atoms with Crippen LogP contribution in [0.4, 0.5) is 16.4 Å². The highest BCUT2D eigenvalue weighted by Gasteiger charge is 2.37. The fourth-order valence-electron chi connectivity index (χ4n) is 6.23. The van der Waals surface area contributed by atoms with Crippen LogP contribution in [0.1, 0.15) is 67.3 Å². The molecule has 1 aromatic heterocycles. The Morgan fingerprint density at radius 1 is 0.807 bits per heavy atom. The van der Waals surface area contributed by atoms with Crippen LogP contribution < -0.4 is 9.64 Å². The minimum atomic E-state index is -4.43. The lowest BCUT2D eigenvalue weighted by molar-refractivity contribution is -0.162. The van der Waals surface area contributed by atoms with Crippen molar-refractivity contribution >= 4 is 55.7 Å². The lowest BCUT2D eigenvalue weighted by Gasteiger charge is -2.27. The average Bonchev–Trinajstić information content (AvgIpc) is 3.54. The van der Waals surface area contributed by atoms with E-state index in [-0.39, 0.29) is 42.2 Å². The first-order chi connectivity index (χ1) is 27.5. The van der Waals surface area contributed by atoms with Crippen LogP contribution in [-0.2, 0) is 65.0 Å². The summed E-state index contributed by atoms with van der Waals surface area (Å²) in [5.41, 5.74) is 1.95. The molecule has 1 N–H and O–H groups in total. The van der Waals surface area contributed by atoms with Gasteiger partial charge in [-0.05, 0) is 50.8 Å². The number of benzene rings is 1. The summed E-state index contributed by atoms with van der Waals surface area (Å²) in [6.07, 6.45) is 3.40. The Morgan fingerprint density at radius 2 is 1.40 bits per heavy atom. The maximum Gasteiger partial charge on any atom is 0.348 e. The number of carbonyl (C=O) groups excluding carboxylic acids is 3. The van der Waals surface area contributed by atoms with Gasteiger partial charge in [-0.15, -0.1) is 21.6 Å². The molecule has 3 rings (SSSR count). The topological polar surface area (TPSA) is 207 Å². The number of anilines is 1. The molecule has 1 aromatic carbocycles. The Balaban J connectivity index is 1.34. The zero-order chi connectivity index (χ0) is 41.6. The van der Waals surface area contributed by atoms with E-state index in [0.29, 0.717) is 101 Å². The van der Waals surface area contributed by atoms with Crippen molar-refractivity contribution in [3.63, 3.8) is 0 Å². The largest absolute Gasteiger partial charge is 0.494 e. The molecule has 2 unspecified atom stereocenters. The molecular formula is C38H57N3O14S2. The standard InChI is InChI=1S/C38H57N3O14S2/c1-6-28-31(26-57(45,46)47)34(38(44)54-8-3)56-35(28)40-39-32-14-13-27(25-33(32)48-4)41(7-2)15-16-50-17-18-51-19-20-52-21-22-53-23-24-55-37(43)30-12-10-9-11-29(30)36(42)49-5/h13-14,25,29-30H,6-12,15-24,26H2,1-5H3,(H,45,46,47). The third-order valence-electron chi connectivity index (χ3n) is 9.06. The Morgan fingerprint density at radius 3 is 1.95 bits per heavy atom. The van der Waals surface area contributed by atoms with E-state index in [1.165, 1.54) is 14.2 Å². The second kappa shape index (κ2) is 25.6. The van der Waals surface area contributed by atoms with Gasteiger partial charge in [0.25, 0.3) is 10.1 Å². The number of hydrogen-bond acceptors (Lipinski definition) is 17. The summed E-state index contributed by atoms with van der Waals surface area (Å²) in [4.78, 5) is 39.2. The van der Waals surface area contributed by atoms with Crippen molar-refractivity contribution in [3.8, 4) is 5.75 Å². The van der Waals surface area contributed by atoms with E-state index in [1.807, 2.05) is 19.1 Å². The molecule has 0 aliphatic heterocycles. The van der Waals surface area contributed by atoms with Crippen molar-refractivity contribution in [3.05, 3.63) is 34.2 Å². The van der Waals surface area contributed by atoms with Crippen molar-refractivity contribution in [1.29, 1.82) is 0 Å². The molecule has 1 fully saturated rings. The van der Waals surface area contributed by atoms with Crippen molar-refractivity contribution in [2.24, 2.45) is 22.1 Å². The number of methoxy groups -OCH3 is 2. The van der Waals surface area contributed by atoms with Crippen molar-refractivity contribution < 1.29 is 65.2 Å². The Labute approximate surface area is 339 Å². The molecule has 0 spiro atoms. The molecule has 0 amide bonds. The van der Waals surface area contributed by atoms with Crippen LogP contribution in [0.15, 0.2) is 28.4 Å². The van der Waals surface area contributed by atoms with Gasteiger partial charge in [-0.2, -0.15) is 8.42 Å². The molecule has 1 aliphatic rings. The van der Waals surface area contributed by atoms with E-state index in [0.717, 1.165) is 29.9 Å².